The van der Waals surface area contributed by atoms with Crippen LogP contribution >= 0.6 is 23.2 Å². The molecule has 7 nitrogen and oxygen atoms in total. The molecule has 0 aliphatic carbocycles. The molecule has 1 aliphatic rings. The van der Waals surface area contributed by atoms with E-state index in [4.69, 9.17) is 27.9 Å². The summed E-state index contributed by atoms with van der Waals surface area (Å²) in [5.41, 5.74) is 0.926. The molecule has 0 radical (unpaired) electrons. The van der Waals surface area contributed by atoms with Crippen LogP contribution in [-0.2, 0) is 16.1 Å². The second-order valence-electron chi connectivity index (χ2n) is 5.55. The second-order valence-corrected chi connectivity index (χ2v) is 6.36. The third kappa shape index (κ3) is 4.23. The van der Waals surface area contributed by atoms with Crippen LogP contribution < -0.4 is 0 Å². The fraction of sp³-hybridized carbons (Fsp3) is 0.467. The molecule has 128 valence electrons. The van der Waals surface area contributed by atoms with Crippen LogP contribution in [0.1, 0.15) is 24.5 Å². The fourth-order valence-corrected chi connectivity index (χ4v) is 2.93. The molecule has 1 aliphatic heterocycles. The minimum atomic E-state index is -0.183. The van der Waals surface area contributed by atoms with Crippen LogP contribution in [0.5, 0.6) is 0 Å². The number of carbonyl (C=O) groups is 1. The smallest absolute Gasteiger partial charge is 0.222 e. The molecule has 1 saturated heterocycles. The summed E-state index contributed by atoms with van der Waals surface area (Å²) in [7, 11) is 0. The van der Waals surface area contributed by atoms with Gasteiger partial charge in [-0.1, -0.05) is 29.3 Å². The highest BCUT2D eigenvalue weighted by molar-refractivity contribution is 6.42. The number of aryl methyl sites for hydroxylation is 1. The van der Waals surface area contributed by atoms with Crippen LogP contribution in [0.15, 0.2) is 24.5 Å². The van der Waals surface area contributed by atoms with Crippen molar-refractivity contribution in [3.05, 3.63) is 40.1 Å². The van der Waals surface area contributed by atoms with Crippen molar-refractivity contribution >= 4 is 29.1 Å². The molecule has 2 aromatic rings. The average Bonchev–Trinajstić information content (AvgIpc) is 3.11. The molecule has 3 rings (SSSR count). The van der Waals surface area contributed by atoms with Gasteiger partial charge in [0, 0.05) is 19.5 Å². The number of carbonyl (C=O) groups excluding carboxylic acids is 1. The van der Waals surface area contributed by atoms with Gasteiger partial charge in [-0.05, 0) is 34.5 Å². The van der Waals surface area contributed by atoms with Gasteiger partial charge in [0.15, 0.2) is 0 Å². The molecule has 0 bridgehead atoms. The van der Waals surface area contributed by atoms with Gasteiger partial charge in [0.25, 0.3) is 0 Å². The molecule has 1 atom stereocenters. The summed E-state index contributed by atoms with van der Waals surface area (Å²) in [6.45, 7) is 2.24. The van der Waals surface area contributed by atoms with Gasteiger partial charge in [0.2, 0.25) is 5.91 Å². The van der Waals surface area contributed by atoms with Crippen LogP contribution in [0.3, 0.4) is 0 Å². The van der Waals surface area contributed by atoms with Gasteiger partial charge in [0.1, 0.15) is 12.4 Å². The van der Waals surface area contributed by atoms with E-state index in [1.807, 2.05) is 11.0 Å². The molecule has 9 heteroatoms. The van der Waals surface area contributed by atoms with E-state index in [-0.39, 0.29) is 12.0 Å². The number of tetrazole rings is 1. The zero-order valence-corrected chi connectivity index (χ0v) is 14.4. The maximum absolute atomic E-state index is 12.4. The van der Waals surface area contributed by atoms with E-state index in [0.717, 1.165) is 5.56 Å². The molecule has 1 aromatic heterocycles. The van der Waals surface area contributed by atoms with Crippen molar-refractivity contribution in [1.82, 2.24) is 25.1 Å². The van der Waals surface area contributed by atoms with E-state index >= 15 is 0 Å². The lowest BCUT2D eigenvalue weighted by Gasteiger charge is -2.33. The first-order valence-electron chi connectivity index (χ1n) is 7.68. The quantitative estimate of drug-likeness (QED) is 0.808. The van der Waals surface area contributed by atoms with E-state index in [1.165, 1.54) is 0 Å². The van der Waals surface area contributed by atoms with Crippen LogP contribution in [0.2, 0.25) is 10.0 Å². The number of morpholine rings is 1. The predicted octanol–water partition coefficient (Wildman–Crippen LogP) is 2.36. The van der Waals surface area contributed by atoms with Crippen molar-refractivity contribution in [1.29, 1.82) is 0 Å². The molecular formula is C15H17Cl2N5O2. The summed E-state index contributed by atoms with van der Waals surface area (Å²) in [5, 5.41) is 11.9. The number of halogens is 2. The summed E-state index contributed by atoms with van der Waals surface area (Å²) in [5.74, 6) is 0.108. The Labute approximate surface area is 149 Å². The summed E-state index contributed by atoms with van der Waals surface area (Å²) >= 11 is 12.0. The Morgan fingerprint density at radius 2 is 2.21 bits per heavy atom. The van der Waals surface area contributed by atoms with E-state index in [1.54, 1.807) is 23.1 Å². The molecular weight excluding hydrogens is 353 g/mol. The Morgan fingerprint density at radius 3 is 2.96 bits per heavy atom. The zero-order chi connectivity index (χ0) is 16.9. The number of nitrogens with zero attached hydrogens (tertiary/aromatic N) is 5. The van der Waals surface area contributed by atoms with Gasteiger partial charge < -0.3 is 9.64 Å². The lowest BCUT2D eigenvalue weighted by molar-refractivity contribution is -0.139. The standard InChI is InChI=1S/C15H17Cl2N5O2/c16-12-4-3-11(8-13(12)17)14-9-21(6-7-24-14)15(23)2-1-5-22-10-18-19-20-22/h3-4,8,10,14H,1-2,5-7,9H2/t14-/m0/s1. The van der Waals surface area contributed by atoms with Crippen molar-refractivity contribution in [3.8, 4) is 0 Å². The highest BCUT2D eigenvalue weighted by atomic mass is 35.5. The molecule has 0 spiro atoms. The van der Waals surface area contributed by atoms with Crippen molar-refractivity contribution < 1.29 is 9.53 Å². The number of rotatable bonds is 5. The lowest BCUT2D eigenvalue weighted by atomic mass is 10.1. The Kier molecular flexibility index (Phi) is 5.65. The predicted molar refractivity (Wildman–Crippen MR) is 88.8 cm³/mol. The van der Waals surface area contributed by atoms with Crippen LogP contribution in [0.25, 0.3) is 0 Å². The van der Waals surface area contributed by atoms with E-state index in [2.05, 4.69) is 15.5 Å². The zero-order valence-electron chi connectivity index (χ0n) is 12.9. The van der Waals surface area contributed by atoms with Crippen LogP contribution in [0.4, 0.5) is 0 Å². The van der Waals surface area contributed by atoms with Crippen LogP contribution in [0, 0.1) is 0 Å². The molecule has 1 amide bonds. The maximum atomic E-state index is 12.4. The van der Waals surface area contributed by atoms with E-state index in [0.29, 0.717) is 49.1 Å². The largest absolute Gasteiger partial charge is 0.370 e. The Balaban J connectivity index is 1.54. The second kappa shape index (κ2) is 7.92. The summed E-state index contributed by atoms with van der Waals surface area (Å²) in [6, 6.07) is 5.42. The van der Waals surface area contributed by atoms with E-state index < -0.39 is 0 Å². The highest BCUT2D eigenvalue weighted by Gasteiger charge is 2.25. The van der Waals surface area contributed by atoms with Crippen molar-refractivity contribution in [2.24, 2.45) is 0 Å². The number of hydrogen-bond acceptors (Lipinski definition) is 5. The monoisotopic (exact) mass is 369 g/mol. The summed E-state index contributed by atoms with van der Waals surface area (Å²) in [6.07, 6.45) is 2.50. The number of ether oxygens (including phenoxy) is 1. The van der Waals surface area contributed by atoms with Crippen LogP contribution in [-0.4, -0.2) is 50.7 Å². The highest BCUT2D eigenvalue weighted by Crippen LogP contribution is 2.29. The number of benzene rings is 1. The Bertz CT molecular complexity index is 695. The number of amides is 1. The molecule has 0 unspecified atom stereocenters. The Morgan fingerprint density at radius 1 is 1.33 bits per heavy atom. The first-order chi connectivity index (χ1) is 11.6. The molecule has 2 heterocycles. The third-order valence-corrected chi connectivity index (χ3v) is 4.64. The van der Waals surface area contributed by atoms with Crippen molar-refractivity contribution in [2.75, 3.05) is 19.7 Å². The normalized spacial score (nSPS) is 17.9. The van der Waals surface area contributed by atoms with Crippen molar-refractivity contribution in [2.45, 2.75) is 25.5 Å². The first-order valence-corrected chi connectivity index (χ1v) is 8.44. The summed E-state index contributed by atoms with van der Waals surface area (Å²) in [4.78, 5) is 14.2. The number of hydrogen-bond donors (Lipinski definition) is 0. The Hall–Kier alpha value is -1.70. The first kappa shape index (κ1) is 17.1. The van der Waals surface area contributed by atoms with Gasteiger partial charge >= 0.3 is 0 Å². The van der Waals surface area contributed by atoms with Crippen molar-refractivity contribution in [3.63, 3.8) is 0 Å². The minimum absolute atomic E-state index is 0.108. The maximum Gasteiger partial charge on any atom is 0.222 e. The lowest BCUT2D eigenvalue weighted by Crippen LogP contribution is -2.42. The third-order valence-electron chi connectivity index (χ3n) is 3.90. The molecule has 0 saturated carbocycles. The SMILES string of the molecule is O=C(CCCn1cnnn1)N1CCO[C@H](c2ccc(Cl)c(Cl)c2)C1. The van der Waals surface area contributed by atoms with Gasteiger partial charge in [-0.2, -0.15) is 0 Å². The molecule has 1 aromatic carbocycles. The van der Waals surface area contributed by atoms with Gasteiger partial charge in [-0.15, -0.1) is 5.10 Å². The van der Waals surface area contributed by atoms with E-state index in [9.17, 15) is 4.79 Å². The van der Waals surface area contributed by atoms with Gasteiger partial charge in [-0.25, -0.2) is 4.68 Å². The van der Waals surface area contributed by atoms with Gasteiger partial charge in [-0.3, -0.25) is 4.79 Å². The topological polar surface area (TPSA) is 73.1 Å². The molecule has 24 heavy (non-hydrogen) atoms. The molecule has 1 fully saturated rings. The fourth-order valence-electron chi connectivity index (χ4n) is 2.62. The molecule has 0 N–H and O–H groups in total. The van der Waals surface area contributed by atoms with Gasteiger partial charge in [0.05, 0.1) is 23.2 Å². The summed E-state index contributed by atoms with van der Waals surface area (Å²) < 4.78 is 7.39. The minimum Gasteiger partial charge on any atom is -0.370 e. The average molecular weight is 370 g/mol. The number of aromatic nitrogens is 4.